The standard InChI is InChI=1S/C14H10O2.C10H12/c15-13(11-7-3-1-4-8-11)14(16)12-9-5-2-6-10-12;1-3-9-7-5-6-8-10(9)4-2/h1-10H;3,5-8H,1,4H2,2H3. The minimum atomic E-state index is -0.466. The van der Waals surface area contributed by atoms with Crippen LogP contribution < -0.4 is 0 Å². The van der Waals surface area contributed by atoms with Gasteiger partial charge in [-0.15, -0.1) is 0 Å². The van der Waals surface area contributed by atoms with E-state index in [0.717, 1.165) is 6.42 Å². The second-order valence-electron chi connectivity index (χ2n) is 5.65. The molecule has 0 radical (unpaired) electrons. The van der Waals surface area contributed by atoms with Gasteiger partial charge in [-0.1, -0.05) is 105 Å². The lowest BCUT2D eigenvalue weighted by molar-refractivity contribution is 0.0817. The van der Waals surface area contributed by atoms with Gasteiger partial charge in [0.1, 0.15) is 0 Å². The van der Waals surface area contributed by atoms with Gasteiger partial charge < -0.3 is 0 Å². The van der Waals surface area contributed by atoms with E-state index in [2.05, 4.69) is 31.7 Å². The van der Waals surface area contributed by atoms with Gasteiger partial charge in [-0.3, -0.25) is 9.59 Å². The highest BCUT2D eigenvalue weighted by atomic mass is 16.2. The summed E-state index contributed by atoms with van der Waals surface area (Å²) in [7, 11) is 0. The number of ketones is 2. The zero-order chi connectivity index (χ0) is 18.8. The molecule has 0 saturated heterocycles. The first-order valence-electron chi connectivity index (χ1n) is 8.56. The molecule has 0 aliphatic heterocycles. The molecule has 0 heterocycles. The Hall–Kier alpha value is -3.26. The van der Waals surface area contributed by atoms with E-state index in [-0.39, 0.29) is 0 Å². The smallest absolute Gasteiger partial charge is 0.233 e. The normalized spacial score (nSPS) is 9.58. The summed E-state index contributed by atoms with van der Waals surface area (Å²) in [4.78, 5) is 23.6. The lowest BCUT2D eigenvalue weighted by Gasteiger charge is -1.99. The Morgan fingerprint density at radius 2 is 1.15 bits per heavy atom. The Morgan fingerprint density at radius 1 is 0.731 bits per heavy atom. The molecule has 3 aromatic carbocycles. The van der Waals surface area contributed by atoms with Crippen LogP contribution in [0.5, 0.6) is 0 Å². The lowest BCUT2D eigenvalue weighted by Crippen LogP contribution is -2.14. The summed E-state index contributed by atoms with van der Waals surface area (Å²) in [5.41, 5.74) is 3.48. The van der Waals surface area contributed by atoms with Crippen LogP contribution in [0.1, 0.15) is 38.8 Å². The number of Topliss-reactive ketones (excluding diaryl/α,β-unsaturated/α-hetero) is 2. The molecule has 0 unspecified atom stereocenters. The van der Waals surface area contributed by atoms with Crippen molar-refractivity contribution >= 4 is 17.6 Å². The Morgan fingerprint density at radius 3 is 1.54 bits per heavy atom. The van der Waals surface area contributed by atoms with Gasteiger partial charge in [0.05, 0.1) is 0 Å². The Kier molecular flexibility index (Phi) is 7.26. The molecule has 0 saturated carbocycles. The number of carbonyl (C=O) groups is 2. The van der Waals surface area contributed by atoms with Gasteiger partial charge >= 0.3 is 0 Å². The van der Waals surface area contributed by atoms with Crippen LogP contribution in [0.15, 0.2) is 91.5 Å². The predicted molar refractivity (Wildman–Crippen MR) is 107 cm³/mol. The maximum atomic E-state index is 11.8. The van der Waals surface area contributed by atoms with E-state index >= 15 is 0 Å². The quantitative estimate of drug-likeness (QED) is 0.444. The number of rotatable bonds is 5. The maximum Gasteiger partial charge on any atom is 0.233 e. The fourth-order valence-corrected chi connectivity index (χ4v) is 2.50. The minimum Gasteiger partial charge on any atom is -0.285 e. The van der Waals surface area contributed by atoms with Gasteiger partial charge in [-0.2, -0.15) is 0 Å². The first-order valence-corrected chi connectivity index (χ1v) is 8.56. The molecule has 0 amide bonds. The molecule has 0 aromatic heterocycles. The minimum absolute atomic E-state index is 0.427. The van der Waals surface area contributed by atoms with Crippen LogP contribution in [0.4, 0.5) is 0 Å². The maximum absolute atomic E-state index is 11.8. The van der Waals surface area contributed by atoms with E-state index in [4.69, 9.17) is 0 Å². The van der Waals surface area contributed by atoms with Crippen molar-refractivity contribution in [3.63, 3.8) is 0 Å². The predicted octanol–water partition coefficient (Wildman–Crippen LogP) is 5.64. The van der Waals surface area contributed by atoms with Crippen molar-refractivity contribution in [3.05, 3.63) is 114 Å². The molecule has 0 spiro atoms. The molecule has 0 aliphatic rings. The summed E-state index contributed by atoms with van der Waals surface area (Å²) < 4.78 is 0. The SMILES string of the molecule is C=Cc1ccccc1CC.O=C(C(=O)c1ccccc1)c1ccccc1. The highest BCUT2D eigenvalue weighted by Gasteiger charge is 2.16. The molecule has 3 rings (SSSR count). The van der Waals surface area contributed by atoms with Crippen molar-refractivity contribution in [1.82, 2.24) is 0 Å². The monoisotopic (exact) mass is 342 g/mol. The van der Waals surface area contributed by atoms with E-state index in [0.29, 0.717) is 11.1 Å². The number of hydrogen-bond donors (Lipinski definition) is 0. The number of hydrogen-bond acceptors (Lipinski definition) is 2. The van der Waals surface area contributed by atoms with Gasteiger partial charge in [-0.25, -0.2) is 0 Å². The van der Waals surface area contributed by atoms with E-state index in [1.807, 2.05) is 24.3 Å². The largest absolute Gasteiger partial charge is 0.285 e. The summed E-state index contributed by atoms with van der Waals surface area (Å²) >= 11 is 0. The van der Waals surface area contributed by atoms with Crippen molar-refractivity contribution in [2.45, 2.75) is 13.3 Å². The Labute approximate surface area is 154 Å². The summed E-state index contributed by atoms with van der Waals surface area (Å²) in [5.74, 6) is -0.932. The van der Waals surface area contributed by atoms with Crippen LogP contribution in [-0.4, -0.2) is 11.6 Å². The van der Waals surface area contributed by atoms with Crippen LogP contribution in [0.2, 0.25) is 0 Å². The van der Waals surface area contributed by atoms with Crippen LogP contribution in [0.25, 0.3) is 6.08 Å². The lowest BCUT2D eigenvalue weighted by atomic mass is 10.0. The molecule has 2 heteroatoms. The fraction of sp³-hybridized carbons (Fsp3) is 0.0833. The molecular weight excluding hydrogens is 320 g/mol. The molecule has 0 aliphatic carbocycles. The second-order valence-corrected chi connectivity index (χ2v) is 5.65. The summed E-state index contributed by atoms with van der Waals surface area (Å²) in [6, 6.07) is 25.5. The molecule has 0 bridgehead atoms. The molecule has 130 valence electrons. The summed E-state index contributed by atoms with van der Waals surface area (Å²) in [6.45, 7) is 5.89. The fourth-order valence-electron chi connectivity index (χ4n) is 2.50. The van der Waals surface area contributed by atoms with Crippen LogP contribution >= 0.6 is 0 Å². The first-order chi connectivity index (χ1) is 12.7. The molecule has 2 nitrogen and oxygen atoms in total. The molecule has 0 atom stereocenters. The Balaban J connectivity index is 0.000000209. The number of aryl methyl sites for hydroxylation is 1. The van der Waals surface area contributed by atoms with E-state index in [1.165, 1.54) is 11.1 Å². The van der Waals surface area contributed by atoms with Gasteiger partial charge in [-0.05, 0) is 17.5 Å². The Bertz CT molecular complexity index is 815. The van der Waals surface area contributed by atoms with Crippen molar-refractivity contribution in [1.29, 1.82) is 0 Å². The number of carbonyl (C=O) groups excluding carboxylic acids is 2. The van der Waals surface area contributed by atoms with Crippen molar-refractivity contribution < 1.29 is 9.59 Å². The van der Waals surface area contributed by atoms with Crippen molar-refractivity contribution in [2.24, 2.45) is 0 Å². The average Bonchev–Trinajstić information content (AvgIpc) is 2.74. The summed E-state index contributed by atoms with van der Waals surface area (Å²) in [5, 5.41) is 0. The van der Waals surface area contributed by atoms with Gasteiger partial charge in [0, 0.05) is 11.1 Å². The van der Waals surface area contributed by atoms with E-state index in [1.54, 1.807) is 48.5 Å². The molecule has 26 heavy (non-hydrogen) atoms. The van der Waals surface area contributed by atoms with Gasteiger partial charge in [0.25, 0.3) is 0 Å². The van der Waals surface area contributed by atoms with Crippen LogP contribution in [-0.2, 0) is 6.42 Å². The molecular formula is C24H22O2. The van der Waals surface area contributed by atoms with Crippen molar-refractivity contribution in [3.8, 4) is 0 Å². The van der Waals surface area contributed by atoms with Crippen LogP contribution in [0, 0.1) is 0 Å². The third-order valence-corrected chi connectivity index (χ3v) is 3.93. The topological polar surface area (TPSA) is 34.1 Å². The highest BCUT2D eigenvalue weighted by Crippen LogP contribution is 2.09. The van der Waals surface area contributed by atoms with Gasteiger partial charge in [0.15, 0.2) is 0 Å². The highest BCUT2D eigenvalue weighted by molar-refractivity contribution is 6.49. The van der Waals surface area contributed by atoms with E-state index < -0.39 is 11.6 Å². The average molecular weight is 342 g/mol. The molecule has 0 N–H and O–H groups in total. The van der Waals surface area contributed by atoms with E-state index in [9.17, 15) is 9.59 Å². The first kappa shape index (κ1) is 19.1. The zero-order valence-corrected chi connectivity index (χ0v) is 14.9. The number of benzene rings is 3. The second kappa shape index (κ2) is 9.90. The zero-order valence-electron chi connectivity index (χ0n) is 14.9. The summed E-state index contributed by atoms with van der Waals surface area (Å²) in [6.07, 6.45) is 2.99. The van der Waals surface area contributed by atoms with Gasteiger partial charge in [0.2, 0.25) is 11.6 Å². The third kappa shape index (κ3) is 5.12. The molecule has 0 fully saturated rings. The van der Waals surface area contributed by atoms with Crippen molar-refractivity contribution in [2.75, 3.05) is 0 Å². The third-order valence-electron chi connectivity index (χ3n) is 3.93. The van der Waals surface area contributed by atoms with Crippen LogP contribution in [0.3, 0.4) is 0 Å². The molecule has 3 aromatic rings.